The Morgan fingerprint density at radius 1 is 1.21 bits per heavy atom. The van der Waals surface area contributed by atoms with Gasteiger partial charge in [-0.25, -0.2) is 0 Å². The number of nitrogens with one attached hydrogen (secondary N) is 2. The molecule has 0 saturated heterocycles. The second-order valence-electron chi connectivity index (χ2n) is 4.40. The van der Waals surface area contributed by atoms with Crippen LogP contribution in [0.2, 0.25) is 0 Å². The van der Waals surface area contributed by atoms with Gasteiger partial charge in [0.15, 0.2) is 5.96 Å². The van der Waals surface area contributed by atoms with E-state index in [9.17, 15) is 5.11 Å². The van der Waals surface area contributed by atoms with Gasteiger partial charge >= 0.3 is 0 Å². The van der Waals surface area contributed by atoms with Gasteiger partial charge in [-0.3, -0.25) is 4.99 Å². The fraction of sp³-hybridized carbons (Fsp3) is 0.923. The molecule has 0 aliphatic rings. The van der Waals surface area contributed by atoms with Gasteiger partial charge in [0, 0.05) is 26.8 Å². The largest absolute Gasteiger partial charge is 0.388 e. The van der Waals surface area contributed by atoms with Crippen LogP contribution in [0.15, 0.2) is 4.99 Å². The minimum atomic E-state index is -0.686. The first-order chi connectivity index (χ1) is 8.61. The van der Waals surface area contributed by atoms with Gasteiger partial charge in [-0.15, -0.1) is 24.0 Å². The van der Waals surface area contributed by atoms with Crippen molar-refractivity contribution in [2.24, 2.45) is 4.99 Å². The van der Waals surface area contributed by atoms with Gasteiger partial charge in [-0.1, -0.05) is 13.8 Å². The molecule has 0 heterocycles. The number of hydrogen-bond acceptors (Lipinski definition) is 3. The predicted octanol–water partition coefficient (Wildman–Crippen LogP) is 1.75. The number of guanidine groups is 1. The summed E-state index contributed by atoms with van der Waals surface area (Å²) in [6.45, 7) is 8.79. The molecule has 0 amide bonds. The Labute approximate surface area is 134 Å². The number of nitrogens with zero attached hydrogens (tertiary/aromatic N) is 1. The second kappa shape index (κ2) is 12.9. The third-order valence-electron chi connectivity index (χ3n) is 3.01. The first-order valence-electron chi connectivity index (χ1n) is 6.85. The molecule has 5 nitrogen and oxygen atoms in total. The molecule has 0 aromatic rings. The number of hydrogen-bond donors (Lipinski definition) is 3. The summed E-state index contributed by atoms with van der Waals surface area (Å²) in [5.74, 6) is 0.758. The van der Waals surface area contributed by atoms with Crippen molar-refractivity contribution in [3.05, 3.63) is 0 Å². The number of halogens is 1. The number of aliphatic imine (C=N–C) groups is 1. The van der Waals surface area contributed by atoms with Crippen LogP contribution in [0, 0.1) is 0 Å². The lowest BCUT2D eigenvalue weighted by Gasteiger charge is -2.23. The lowest BCUT2D eigenvalue weighted by molar-refractivity contribution is 0.0418. The van der Waals surface area contributed by atoms with Crippen LogP contribution < -0.4 is 10.6 Å². The van der Waals surface area contributed by atoms with Crippen molar-refractivity contribution >= 4 is 29.9 Å². The molecule has 0 aliphatic heterocycles. The van der Waals surface area contributed by atoms with Gasteiger partial charge in [0.05, 0.1) is 12.1 Å². The smallest absolute Gasteiger partial charge is 0.191 e. The SMILES string of the molecule is CCNC(=NCC(O)(CC)CC)NCCCOC.I. The molecule has 3 N–H and O–H groups in total. The highest BCUT2D eigenvalue weighted by Gasteiger charge is 2.21. The molecule has 0 bridgehead atoms. The number of aliphatic hydroxyl groups is 1. The van der Waals surface area contributed by atoms with Gasteiger partial charge < -0.3 is 20.5 Å². The summed E-state index contributed by atoms with van der Waals surface area (Å²) in [6.07, 6.45) is 2.37. The molecule has 0 aromatic carbocycles. The van der Waals surface area contributed by atoms with Gasteiger partial charge in [0.25, 0.3) is 0 Å². The van der Waals surface area contributed by atoms with E-state index in [0.717, 1.165) is 44.9 Å². The first kappa shape index (κ1) is 21.2. The molecule has 0 radical (unpaired) electrons. The Hall–Kier alpha value is -0.0800. The highest BCUT2D eigenvalue weighted by Crippen LogP contribution is 2.14. The van der Waals surface area contributed by atoms with Gasteiger partial charge in [0.1, 0.15) is 0 Å². The van der Waals surface area contributed by atoms with Crippen molar-refractivity contribution in [3.63, 3.8) is 0 Å². The van der Waals surface area contributed by atoms with Gasteiger partial charge in [0.2, 0.25) is 0 Å². The maximum absolute atomic E-state index is 10.2. The molecule has 0 unspecified atom stereocenters. The Morgan fingerprint density at radius 2 is 1.84 bits per heavy atom. The normalized spacial score (nSPS) is 11.9. The average molecular weight is 387 g/mol. The standard InChI is InChI=1S/C13H29N3O2.HI/c1-5-13(17,6-2)11-16-12(14-7-3)15-9-8-10-18-4;/h17H,5-11H2,1-4H3,(H2,14,15,16);1H. The summed E-state index contributed by atoms with van der Waals surface area (Å²) >= 11 is 0. The van der Waals surface area contributed by atoms with E-state index < -0.39 is 5.60 Å². The van der Waals surface area contributed by atoms with E-state index in [2.05, 4.69) is 15.6 Å². The molecule has 0 saturated carbocycles. The van der Waals surface area contributed by atoms with Crippen molar-refractivity contribution in [2.75, 3.05) is 33.4 Å². The van der Waals surface area contributed by atoms with E-state index in [1.54, 1.807) is 7.11 Å². The molecule has 6 heteroatoms. The van der Waals surface area contributed by atoms with Crippen molar-refractivity contribution in [1.29, 1.82) is 0 Å². The van der Waals surface area contributed by atoms with Crippen LogP contribution in [0.4, 0.5) is 0 Å². The molecule has 116 valence electrons. The predicted molar refractivity (Wildman–Crippen MR) is 91.4 cm³/mol. The molecule has 0 spiro atoms. The van der Waals surface area contributed by atoms with Crippen LogP contribution in [0.1, 0.15) is 40.0 Å². The molecule has 19 heavy (non-hydrogen) atoms. The third kappa shape index (κ3) is 10.4. The number of ether oxygens (including phenoxy) is 1. The van der Waals surface area contributed by atoms with E-state index >= 15 is 0 Å². The third-order valence-corrected chi connectivity index (χ3v) is 3.01. The topological polar surface area (TPSA) is 65.9 Å². The monoisotopic (exact) mass is 387 g/mol. The quantitative estimate of drug-likeness (QED) is 0.244. The van der Waals surface area contributed by atoms with Crippen molar-refractivity contribution < 1.29 is 9.84 Å². The van der Waals surface area contributed by atoms with Crippen LogP contribution in [-0.2, 0) is 4.74 Å². The molecule has 0 fully saturated rings. The minimum absolute atomic E-state index is 0. The van der Waals surface area contributed by atoms with E-state index in [1.165, 1.54) is 0 Å². The molecular formula is C13H30IN3O2. The summed E-state index contributed by atoms with van der Waals surface area (Å²) in [6, 6.07) is 0. The lowest BCUT2D eigenvalue weighted by atomic mass is 9.98. The van der Waals surface area contributed by atoms with Crippen molar-refractivity contribution in [1.82, 2.24) is 10.6 Å². The van der Waals surface area contributed by atoms with E-state index in [0.29, 0.717) is 6.54 Å². The highest BCUT2D eigenvalue weighted by molar-refractivity contribution is 14.0. The van der Waals surface area contributed by atoms with Crippen LogP contribution >= 0.6 is 24.0 Å². The summed E-state index contributed by atoms with van der Waals surface area (Å²) in [7, 11) is 1.70. The summed E-state index contributed by atoms with van der Waals surface area (Å²) in [4.78, 5) is 4.43. The van der Waals surface area contributed by atoms with Gasteiger partial charge in [-0.05, 0) is 26.2 Å². The maximum atomic E-state index is 10.2. The highest BCUT2D eigenvalue weighted by atomic mass is 127. The Bertz CT molecular complexity index is 234. The van der Waals surface area contributed by atoms with Crippen LogP contribution in [0.3, 0.4) is 0 Å². The maximum Gasteiger partial charge on any atom is 0.191 e. The van der Waals surface area contributed by atoms with Crippen molar-refractivity contribution in [2.45, 2.75) is 45.6 Å². The molecule has 0 aliphatic carbocycles. The Morgan fingerprint density at radius 3 is 2.32 bits per heavy atom. The zero-order chi connectivity index (χ0) is 13.9. The molecule has 0 atom stereocenters. The Kier molecular flexibility index (Phi) is 14.4. The molecule has 0 rings (SSSR count). The zero-order valence-corrected chi connectivity index (χ0v) is 15.0. The van der Waals surface area contributed by atoms with E-state index in [1.807, 2.05) is 20.8 Å². The first-order valence-corrected chi connectivity index (χ1v) is 6.85. The molecular weight excluding hydrogens is 357 g/mol. The molecule has 0 aromatic heterocycles. The van der Waals surface area contributed by atoms with Gasteiger partial charge in [-0.2, -0.15) is 0 Å². The zero-order valence-electron chi connectivity index (χ0n) is 12.7. The lowest BCUT2D eigenvalue weighted by Crippen LogP contribution is -2.40. The van der Waals surface area contributed by atoms with E-state index in [4.69, 9.17) is 4.74 Å². The fourth-order valence-corrected chi connectivity index (χ4v) is 1.46. The fourth-order valence-electron chi connectivity index (χ4n) is 1.46. The number of rotatable bonds is 9. The Balaban J connectivity index is 0. The van der Waals surface area contributed by atoms with E-state index in [-0.39, 0.29) is 24.0 Å². The average Bonchev–Trinajstić information content (AvgIpc) is 2.40. The van der Waals surface area contributed by atoms with Crippen LogP contribution in [0.5, 0.6) is 0 Å². The number of methoxy groups -OCH3 is 1. The van der Waals surface area contributed by atoms with Crippen molar-refractivity contribution in [3.8, 4) is 0 Å². The second-order valence-corrected chi connectivity index (χ2v) is 4.40. The summed E-state index contributed by atoms with van der Waals surface area (Å²) < 4.78 is 4.99. The van der Waals surface area contributed by atoms with Crippen LogP contribution in [0.25, 0.3) is 0 Å². The minimum Gasteiger partial charge on any atom is -0.388 e. The van der Waals surface area contributed by atoms with Crippen LogP contribution in [-0.4, -0.2) is 50.0 Å². The summed E-state index contributed by atoms with van der Waals surface area (Å²) in [5, 5.41) is 16.6. The summed E-state index contributed by atoms with van der Waals surface area (Å²) in [5.41, 5.74) is -0.686.